The molecule has 0 spiro atoms. The molecule has 0 heterocycles. The summed E-state index contributed by atoms with van der Waals surface area (Å²) in [5.41, 5.74) is 4.67. The minimum Gasteiger partial charge on any atom is -0.325 e. The van der Waals surface area contributed by atoms with E-state index in [9.17, 15) is 9.59 Å². The average molecular weight is 405 g/mol. The van der Waals surface area contributed by atoms with Crippen molar-refractivity contribution in [3.05, 3.63) is 58.1 Å². The van der Waals surface area contributed by atoms with Gasteiger partial charge >= 0.3 is 0 Å². The molecular formula is C21H25ClN2O2S. The number of hydrogen-bond donors (Lipinski definition) is 2. The molecule has 2 aromatic rings. The summed E-state index contributed by atoms with van der Waals surface area (Å²) in [5.74, 6) is 0.179. The van der Waals surface area contributed by atoms with E-state index in [1.165, 1.54) is 11.8 Å². The molecule has 0 fully saturated rings. The third-order valence-electron chi connectivity index (χ3n) is 4.11. The second-order valence-electron chi connectivity index (χ2n) is 6.23. The van der Waals surface area contributed by atoms with Crippen molar-refractivity contribution in [2.45, 2.75) is 33.6 Å². The summed E-state index contributed by atoms with van der Waals surface area (Å²) in [6.45, 7) is 6.03. The Labute approximate surface area is 170 Å². The molecule has 0 unspecified atom stereocenters. The quantitative estimate of drug-likeness (QED) is 0.644. The molecular weight excluding hydrogens is 380 g/mol. The fourth-order valence-corrected chi connectivity index (χ4v) is 3.71. The number of benzene rings is 2. The molecule has 0 radical (unpaired) electrons. The second-order valence-corrected chi connectivity index (χ2v) is 7.62. The third-order valence-corrected chi connectivity index (χ3v) is 5.40. The molecule has 6 heteroatoms. The number of halogens is 1. The van der Waals surface area contributed by atoms with Crippen LogP contribution in [0.5, 0.6) is 0 Å². The molecule has 0 aliphatic carbocycles. The Bertz CT molecular complexity index is 824. The van der Waals surface area contributed by atoms with Crippen molar-refractivity contribution in [3.63, 3.8) is 0 Å². The topological polar surface area (TPSA) is 58.2 Å². The molecule has 0 aromatic heterocycles. The zero-order chi connectivity index (χ0) is 19.8. The van der Waals surface area contributed by atoms with Crippen LogP contribution in [0.1, 0.15) is 30.5 Å². The van der Waals surface area contributed by atoms with E-state index >= 15 is 0 Å². The fourth-order valence-electron chi connectivity index (χ4n) is 2.80. The summed E-state index contributed by atoms with van der Waals surface area (Å²) in [5, 5.41) is 6.48. The Morgan fingerprint density at radius 2 is 1.70 bits per heavy atom. The highest BCUT2D eigenvalue weighted by Gasteiger charge is 2.14. The van der Waals surface area contributed by atoms with Crippen LogP contribution in [0.4, 0.5) is 11.4 Å². The highest BCUT2D eigenvalue weighted by molar-refractivity contribution is 8.00. The largest absolute Gasteiger partial charge is 0.325 e. The maximum Gasteiger partial charge on any atom is 0.234 e. The van der Waals surface area contributed by atoms with Crippen LogP contribution in [-0.2, 0) is 22.4 Å². The number of hydrogen-bond acceptors (Lipinski definition) is 3. The summed E-state index contributed by atoms with van der Waals surface area (Å²) in [4.78, 5) is 24.4. The molecule has 0 saturated carbocycles. The Balaban J connectivity index is 1.88. The summed E-state index contributed by atoms with van der Waals surface area (Å²) in [7, 11) is 0. The lowest BCUT2D eigenvalue weighted by molar-refractivity contribution is -0.114. The van der Waals surface area contributed by atoms with E-state index in [0.717, 1.165) is 40.9 Å². The molecule has 0 atom stereocenters. The SMILES string of the molecule is CCc1ccc(Cl)c(CC)c1NC(=O)CSCC(=O)Nc1cccc(C)c1. The Morgan fingerprint density at radius 3 is 2.33 bits per heavy atom. The van der Waals surface area contributed by atoms with Crippen LogP contribution < -0.4 is 10.6 Å². The predicted octanol–water partition coefficient (Wildman–Crippen LogP) is 5.08. The van der Waals surface area contributed by atoms with Gasteiger partial charge in [-0.2, -0.15) is 0 Å². The Morgan fingerprint density at radius 1 is 1.00 bits per heavy atom. The number of carbonyl (C=O) groups is 2. The minimum atomic E-state index is -0.130. The predicted molar refractivity (Wildman–Crippen MR) is 116 cm³/mol. The van der Waals surface area contributed by atoms with Gasteiger partial charge in [0.1, 0.15) is 0 Å². The first-order valence-corrected chi connectivity index (χ1v) is 10.5. The summed E-state index contributed by atoms with van der Waals surface area (Å²) < 4.78 is 0. The molecule has 27 heavy (non-hydrogen) atoms. The van der Waals surface area contributed by atoms with Crippen LogP contribution in [0.15, 0.2) is 36.4 Å². The third kappa shape index (κ3) is 6.29. The van der Waals surface area contributed by atoms with Crippen LogP contribution >= 0.6 is 23.4 Å². The normalized spacial score (nSPS) is 10.5. The first kappa shape index (κ1) is 21.3. The zero-order valence-electron chi connectivity index (χ0n) is 15.9. The van der Waals surface area contributed by atoms with Crippen LogP contribution in [-0.4, -0.2) is 23.3 Å². The van der Waals surface area contributed by atoms with E-state index in [4.69, 9.17) is 11.6 Å². The molecule has 0 aliphatic heterocycles. The van der Waals surface area contributed by atoms with Crippen LogP contribution in [0.3, 0.4) is 0 Å². The van der Waals surface area contributed by atoms with Gasteiger partial charge in [0.05, 0.1) is 11.5 Å². The standard InChI is InChI=1S/C21H25ClN2O2S/c1-4-15-9-10-18(22)17(5-2)21(15)24-20(26)13-27-12-19(25)23-16-8-6-7-14(3)11-16/h6-11H,4-5,12-13H2,1-3H3,(H,23,25)(H,24,26). The number of amides is 2. The maximum absolute atomic E-state index is 12.3. The number of thioether (sulfide) groups is 1. The number of aryl methyl sites for hydroxylation is 2. The second kappa shape index (κ2) is 10.4. The number of nitrogens with one attached hydrogen (secondary N) is 2. The summed E-state index contributed by atoms with van der Waals surface area (Å²) in [6.07, 6.45) is 1.56. The van der Waals surface area contributed by atoms with Crippen molar-refractivity contribution in [1.82, 2.24) is 0 Å². The van der Waals surface area contributed by atoms with E-state index in [-0.39, 0.29) is 23.3 Å². The fraction of sp³-hybridized carbons (Fsp3) is 0.333. The van der Waals surface area contributed by atoms with Crippen LogP contribution in [0.2, 0.25) is 5.02 Å². The number of rotatable bonds is 8. The molecule has 144 valence electrons. The lowest BCUT2D eigenvalue weighted by Gasteiger charge is -2.16. The lowest BCUT2D eigenvalue weighted by atomic mass is 10.0. The van der Waals surface area contributed by atoms with Crippen molar-refractivity contribution in [2.75, 3.05) is 22.1 Å². The van der Waals surface area contributed by atoms with Gasteiger partial charge in [0.25, 0.3) is 0 Å². The van der Waals surface area contributed by atoms with Gasteiger partial charge < -0.3 is 10.6 Å². The summed E-state index contributed by atoms with van der Waals surface area (Å²) in [6, 6.07) is 11.4. The van der Waals surface area contributed by atoms with Crippen molar-refractivity contribution in [3.8, 4) is 0 Å². The molecule has 2 N–H and O–H groups in total. The number of carbonyl (C=O) groups excluding carboxylic acids is 2. The smallest absolute Gasteiger partial charge is 0.234 e. The van der Waals surface area contributed by atoms with Gasteiger partial charge in [-0.25, -0.2) is 0 Å². The van der Waals surface area contributed by atoms with Crippen molar-refractivity contribution in [2.24, 2.45) is 0 Å². The van der Waals surface area contributed by atoms with Gasteiger partial charge in [-0.15, -0.1) is 11.8 Å². The van der Waals surface area contributed by atoms with Gasteiger partial charge in [-0.05, 0) is 54.7 Å². The first-order chi connectivity index (χ1) is 12.9. The Kier molecular flexibility index (Phi) is 8.20. The van der Waals surface area contributed by atoms with Crippen molar-refractivity contribution < 1.29 is 9.59 Å². The molecule has 4 nitrogen and oxygen atoms in total. The molecule has 0 aliphatic rings. The van der Waals surface area contributed by atoms with Crippen LogP contribution in [0.25, 0.3) is 0 Å². The minimum absolute atomic E-state index is 0.121. The van der Waals surface area contributed by atoms with Gasteiger partial charge in [-0.3, -0.25) is 9.59 Å². The van der Waals surface area contributed by atoms with E-state index in [1.807, 2.05) is 57.2 Å². The van der Waals surface area contributed by atoms with Crippen LogP contribution in [0, 0.1) is 6.92 Å². The maximum atomic E-state index is 12.3. The van der Waals surface area contributed by atoms with E-state index in [2.05, 4.69) is 10.6 Å². The average Bonchev–Trinajstić information content (AvgIpc) is 2.62. The summed E-state index contributed by atoms with van der Waals surface area (Å²) >= 11 is 7.55. The zero-order valence-corrected chi connectivity index (χ0v) is 17.5. The van der Waals surface area contributed by atoms with Crippen molar-refractivity contribution in [1.29, 1.82) is 0 Å². The van der Waals surface area contributed by atoms with Gasteiger partial charge in [0.15, 0.2) is 0 Å². The molecule has 2 rings (SSSR count). The van der Waals surface area contributed by atoms with E-state index in [0.29, 0.717) is 5.02 Å². The van der Waals surface area contributed by atoms with Gasteiger partial charge in [-0.1, -0.05) is 43.6 Å². The molecule has 0 saturated heterocycles. The first-order valence-electron chi connectivity index (χ1n) is 8.99. The van der Waals surface area contributed by atoms with E-state index in [1.54, 1.807) is 0 Å². The molecule has 2 amide bonds. The monoisotopic (exact) mass is 404 g/mol. The van der Waals surface area contributed by atoms with Crippen molar-refractivity contribution >= 4 is 46.6 Å². The highest BCUT2D eigenvalue weighted by atomic mass is 35.5. The van der Waals surface area contributed by atoms with Gasteiger partial charge in [0.2, 0.25) is 11.8 Å². The molecule has 0 bridgehead atoms. The Hall–Kier alpha value is -1.98. The van der Waals surface area contributed by atoms with E-state index < -0.39 is 0 Å². The highest BCUT2D eigenvalue weighted by Crippen LogP contribution is 2.29. The number of anilines is 2. The lowest BCUT2D eigenvalue weighted by Crippen LogP contribution is -2.19. The molecule has 2 aromatic carbocycles. The van der Waals surface area contributed by atoms with Gasteiger partial charge in [0, 0.05) is 16.4 Å².